The summed E-state index contributed by atoms with van der Waals surface area (Å²) < 4.78 is 0. The van der Waals surface area contributed by atoms with Crippen LogP contribution in [0.4, 0.5) is 0 Å². The van der Waals surface area contributed by atoms with E-state index in [1.54, 1.807) is 12.1 Å². The molecule has 0 aliphatic heterocycles. The molecule has 0 amide bonds. The van der Waals surface area contributed by atoms with E-state index in [1.165, 1.54) is 0 Å². The van der Waals surface area contributed by atoms with Gasteiger partial charge in [-0.15, -0.1) is 0 Å². The number of carbonyl (C=O) groups is 2. The van der Waals surface area contributed by atoms with E-state index in [9.17, 15) is 9.59 Å². The maximum atomic E-state index is 12.5. The lowest BCUT2D eigenvalue weighted by molar-refractivity contribution is 0.0815. The number of aromatic nitrogens is 1. The molecule has 1 aliphatic rings. The fraction of sp³-hybridized carbons (Fsp3) is 0.100. The average molecular weight is 301 g/mol. The van der Waals surface area contributed by atoms with Crippen LogP contribution in [0.1, 0.15) is 32.1 Å². The van der Waals surface area contributed by atoms with Crippen molar-refractivity contribution in [2.24, 2.45) is 0 Å². The van der Waals surface area contributed by atoms with Crippen molar-refractivity contribution in [3.8, 4) is 22.3 Å². The molecule has 0 bridgehead atoms. The molecule has 1 aliphatic carbocycles. The molecule has 3 heteroatoms. The van der Waals surface area contributed by atoms with Crippen molar-refractivity contribution in [2.45, 2.75) is 13.8 Å². The van der Waals surface area contributed by atoms with Crippen molar-refractivity contribution in [1.82, 2.24) is 4.98 Å². The highest BCUT2D eigenvalue weighted by Gasteiger charge is 2.30. The maximum Gasteiger partial charge on any atom is 0.234 e. The standard InChI is InChI=1S/C20H15NO2/c1-11-9-17(12(2)21-11)13-7-8-15-14-5-3-4-6-16(14)19(22)20(23)18(15)10-13/h3-10,21H,1-2H3. The number of Topliss-reactive ketones (excluding diaryl/α,β-unsaturated/α-hetero) is 2. The predicted molar refractivity (Wildman–Crippen MR) is 89.8 cm³/mol. The first kappa shape index (κ1) is 13.7. The van der Waals surface area contributed by atoms with Gasteiger partial charge in [-0.3, -0.25) is 9.59 Å². The third-order valence-corrected chi connectivity index (χ3v) is 4.39. The number of H-pyrrole nitrogens is 1. The van der Waals surface area contributed by atoms with Gasteiger partial charge in [0.05, 0.1) is 0 Å². The van der Waals surface area contributed by atoms with Crippen LogP contribution in [0.2, 0.25) is 0 Å². The molecule has 1 heterocycles. The quantitative estimate of drug-likeness (QED) is 0.679. The summed E-state index contributed by atoms with van der Waals surface area (Å²) in [5.74, 6) is -0.849. The Kier molecular flexibility index (Phi) is 2.85. The first-order chi connectivity index (χ1) is 11.1. The van der Waals surface area contributed by atoms with E-state index in [2.05, 4.69) is 11.1 Å². The second kappa shape index (κ2) is 4.78. The summed E-state index contributed by atoms with van der Waals surface area (Å²) in [4.78, 5) is 28.1. The molecule has 4 rings (SSSR count). The molecule has 0 saturated carbocycles. The van der Waals surface area contributed by atoms with Gasteiger partial charge < -0.3 is 4.98 Å². The summed E-state index contributed by atoms with van der Waals surface area (Å²) in [7, 11) is 0. The summed E-state index contributed by atoms with van der Waals surface area (Å²) >= 11 is 0. The minimum Gasteiger partial charge on any atom is -0.362 e. The Morgan fingerprint density at radius 1 is 0.696 bits per heavy atom. The number of nitrogens with one attached hydrogen (secondary N) is 1. The van der Waals surface area contributed by atoms with Crippen molar-refractivity contribution in [2.75, 3.05) is 0 Å². The third kappa shape index (κ3) is 1.97. The van der Waals surface area contributed by atoms with Crippen molar-refractivity contribution < 1.29 is 9.59 Å². The first-order valence-electron chi connectivity index (χ1n) is 7.55. The highest BCUT2D eigenvalue weighted by molar-refractivity contribution is 6.53. The molecule has 0 radical (unpaired) electrons. The normalized spacial score (nSPS) is 13.0. The Labute approximate surface area is 134 Å². The van der Waals surface area contributed by atoms with Gasteiger partial charge in [0.15, 0.2) is 0 Å². The highest BCUT2D eigenvalue weighted by Crippen LogP contribution is 2.36. The Hall–Kier alpha value is -2.94. The van der Waals surface area contributed by atoms with Crippen molar-refractivity contribution >= 4 is 11.6 Å². The van der Waals surface area contributed by atoms with E-state index < -0.39 is 11.6 Å². The van der Waals surface area contributed by atoms with Gasteiger partial charge in [-0.2, -0.15) is 0 Å². The van der Waals surface area contributed by atoms with Crippen LogP contribution in [0, 0.1) is 13.8 Å². The lowest BCUT2D eigenvalue weighted by Gasteiger charge is -2.18. The topological polar surface area (TPSA) is 49.9 Å². The number of aromatic amines is 1. The van der Waals surface area contributed by atoms with Gasteiger partial charge in [0.1, 0.15) is 0 Å². The SMILES string of the molecule is Cc1cc(-c2ccc3c(c2)C(=O)C(=O)c2ccccc2-3)c(C)[nH]1. The zero-order valence-electron chi connectivity index (χ0n) is 12.9. The van der Waals surface area contributed by atoms with Crippen molar-refractivity contribution in [3.05, 3.63) is 71.0 Å². The van der Waals surface area contributed by atoms with Crippen LogP contribution in [0.25, 0.3) is 22.3 Å². The zero-order valence-corrected chi connectivity index (χ0v) is 12.9. The van der Waals surface area contributed by atoms with E-state index in [0.29, 0.717) is 11.1 Å². The first-order valence-corrected chi connectivity index (χ1v) is 7.55. The van der Waals surface area contributed by atoms with Crippen LogP contribution in [-0.2, 0) is 0 Å². The molecule has 112 valence electrons. The number of hydrogen-bond donors (Lipinski definition) is 1. The number of ketones is 2. The monoisotopic (exact) mass is 301 g/mol. The predicted octanol–water partition coefficient (Wildman–Crippen LogP) is 4.34. The van der Waals surface area contributed by atoms with E-state index in [-0.39, 0.29) is 0 Å². The second-order valence-corrected chi connectivity index (χ2v) is 5.96. The molecule has 0 unspecified atom stereocenters. The summed E-state index contributed by atoms with van der Waals surface area (Å²) in [5.41, 5.74) is 6.78. The highest BCUT2D eigenvalue weighted by atomic mass is 16.2. The number of hydrogen-bond acceptors (Lipinski definition) is 2. The van der Waals surface area contributed by atoms with Crippen molar-refractivity contribution in [1.29, 1.82) is 0 Å². The zero-order chi connectivity index (χ0) is 16.1. The molecule has 0 spiro atoms. The van der Waals surface area contributed by atoms with E-state index in [0.717, 1.165) is 33.6 Å². The van der Waals surface area contributed by atoms with Crippen LogP contribution < -0.4 is 0 Å². The molecule has 1 N–H and O–H groups in total. The van der Waals surface area contributed by atoms with Crippen molar-refractivity contribution in [3.63, 3.8) is 0 Å². The lowest BCUT2D eigenvalue weighted by atomic mass is 9.82. The van der Waals surface area contributed by atoms with Crippen LogP contribution in [0.3, 0.4) is 0 Å². The Bertz CT molecular complexity index is 979. The number of aryl methyl sites for hydroxylation is 2. The molecule has 0 saturated heterocycles. The van der Waals surface area contributed by atoms with Gasteiger partial charge in [-0.1, -0.05) is 36.4 Å². The molecule has 23 heavy (non-hydrogen) atoms. The van der Waals surface area contributed by atoms with E-state index >= 15 is 0 Å². The van der Waals surface area contributed by atoms with Crippen LogP contribution >= 0.6 is 0 Å². The molecular formula is C20H15NO2. The molecule has 0 atom stereocenters. The van der Waals surface area contributed by atoms with Crippen LogP contribution in [0.5, 0.6) is 0 Å². The van der Waals surface area contributed by atoms with E-state index in [4.69, 9.17) is 0 Å². The Morgan fingerprint density at radius 3 is 2.04 bits per heavy atom. The number of rotatable bonds is 1. The van der Waals surface area contributed by atoms with Gasteiger partial charge in [0.25, 0.3) is 0 Å². The molecule has 0 fully saturated rings. The molecular weight excluding hydrogens is 286 g/mol. The fourth-order valence-corrected chi connectivity index (χ4v) is 3.32. The van der Waals surface area contributed by atoms with Gasteiger partial charge in [-0.05, 0) is 42.7 Å². The molecule has 3 aromatic rings. The molecule has 1 aromatic heterocycles. The van der Waals surface area contributed by atoms with Gasteiger partial charge in [0, 0.05) is 28.1 Å². The molecule has 2 aromatic carbocycles. The van der Waals surface area contributed by atoms with Gasteiger partial charge in [0.2, 0.25) is 11.6 Å². The lowest BCUT2D eigenvalue weighted by Crippen LogP contribution is -2.21. The average Bonchev–Trinajstić information content (AvgIpc) is 2.90. The number of fused-ring (bicyclic) bond motifs is 3. The summed E-state index contributed by atoms with van der Waals surface area (Å²) in [6, 6.07) is 15.1. The van der Waals surface area contributed by atoms with E-state index in [1.807, 2.05) is 44.2 Å². The smallest absolute Gasteiger partial charge is 0.234 e. The minimum absolute atomic E-state index is 0.424. The number of benzene rings is 2. The van der Waals surface area contributed by atoms with Gasteiger partial charge in [-0.25, -0.2) is 0 Å². The Balaban J connectivity index is 1.95. The maximum absolute atomic E-state index is 12.5. The summed E-state index contributed by atoms with van der Waals surface area (Å²) in [5, 5.41) is 0. The molecule has 3 nitrogen and oxygen atoms in total. The second-order valence-electron chi connectivity index (χ2n) is 5.96. The van der Waals surface area contributed by atoms with Gasteiger partial charge >= 0.3 is 0 Å². The largest absolute Gasteiger partial charge is 0.362 e. The summed E-state index contributed by atoms with van der Waals surface area (Å²) in [6.07, 6.45) is 0. The minimum atomic E-state index is -0.425. The fourth-order valence-electron chi connectivity index (χ4n) is 3.32. The van der Waals surface area contributed by atoms with Crippen LogP contribution in [0.15, 0.2) is 48.5 Å². The summed E-state index contributed by atoms with van der Waals surface area (Å²) in [6.45, 7) is 4.00. The van der Waals surface area contributed by atoms with Crippen LogP contribution in [-0.4, -0.2) is 16.6 Å². The number of carbonyl (C=O) groups excluding carboxylic acids is 2. The third-order valence-electron chi connectivity index (χ3n) is 4.39. The Morgan fingerprint density at radius 2 is 1.35 bits per heavy atom.